The molecule has 0 bridgehead atoms. The predicted octanol–water partition coefficient (Wildman–Crippen LogP) is 3.25. The van der Waals surface area contributed by atoms with Gasteiger partial charge in [0.05, 0.1) is 16.5 Å². The summed E-state index contributed by atoms with van der Waals surface area (Å²) in [5.74, 6) is -0.831. The first-order chi connectivity index (χ1) is 15.4. The molecular formula is C20H24Cl2N4O5S2. The third-order valence-electron chi connectivity index (χ3n) is 5.09. The first kappa shape index (κ1) is 25.7. The molecule has 13 heteroatoms. The molecule has 0 saturated carbocycles. The summed E-state index contributed by atoms with van der Waals surface area (Å²) in [6.07, 6.45) is 1.13. The van der Waals surface area contributed by atoms with Gasteiger partial charge < -0.3 is 5.32 Å². The number of carbonyl (C=O) groups excluding carboxylic acids is 1. The smallest absolute Gasteiger partial charge is 0.281 e. The standard InChI is InChI=1S/C20H24Cl2N4O5S2/c1-25(2)33(30,31)26-9-3-4-14(13-26)20(27)23-17-5-7-19(8-6-17)32(28,29)24-18-11-15(21)10-16(22)12-18/h5-8,10-12,14,24H,3-4,9,13H2,1-2H3,(H,23,27)/t14-/m0/s1. The van der Waals surface area contributed by atoms with E-state index in [1.165, 1.54) is 60.9 Å². The molecule has 0 spiro atoms. The molecular weight excluding hydrogens is 511 g/mol. The zero-order valence-electron chi connectivity index (χ0n) is 18.0. The van der Waals surface area contributed by atoms with Gasteiger partial charge in [-0.25, -0.2) is 8.42 Å². The highest BCUT2D eigenvalue weighted by Gasteiger charge is 2.33. The summed E-state index contributed by atoms with van der Waals surface area (Å²) in [6, 6.07) is 10.00. The van der Waals surface area contributed by atoms with E-state index in [9.17, 15) is 21.6 Å². The molecule has 0 aliphatic carbocycles. The fraction of sp³-hybridized carbons (Fsp3) is 0.350. The molecule has 2 N–H and O–H groups in total. The number of rotatable bonds is 7. The number of anilines is 2. The Labute approximate surface area is 203 Å². The minimum Gasteiger partial charge on any atom is -0.326 e. The Morgan fingerprint density at radius 3 is 2.18 bits per heavy atom. The van der Waals surface area contributed by atoms with Crippen molar-refractivity contribution in [1.29, 1.82) is 0 Å². The quantitative estimate of drug-likeness (QED) is 0.565. The van der Waals surface area contributed by atoms with Crippen LogP contribution in [0, 0.1) is 5.92 Å². The number of carbonyl (C=O) groups is 1. The Bertz CT molecular complexity index is 1220. The van der Waals surface area contributed by atoms with Crippen molar-refractivity contribution in [2.24, 2.45) is 5.92 Å². The lowest BCUT2D eigenvalue weighted by Crippen LogP contribution is -2.47. The molecule has 1 fully saturated rings. The first-order valence-electron chi connectivity index (χ1n) is 9.96. The average Bonchev–Trinajstić information content (AvgIpc) is 2.73. The van der Waals surface area contributed by atoms with Crippen molar-refractivity contribution < 1.29 is 21.6 Å². The van der Waals surface area contributed by atoms with Crippen LogP contribution in [0.3, 0.4) is 0 Å². The first-order valence-corrected chi connectivity index (χ1v) is 13.6. The van der Waals surface area contributed by atoms with Gasteiger partial charge in [-0.05, 0) is 55.3 Å². The van der Waals surface area contributed by atoms with E-state index in [4.69, 9.17) is 23.2 Å². The van der Waals surface area contributed by atoms with Crippen LogP contribution in [-0.2, 0) is 25.0 Å². The van der Waals surface area contributed by atoms with Gasteiger partial charge in [-0.3, -0.25) is 9.52 Å². The van der Waals surface area contributed by atoms with Crippen LogP contribution in [0.1, 0.15) is 12.8 Å². The van der Waals surface area contributed by atoms with E-state index < -0.39 is 26.2 Å². The summed E-state index contributed by atoms with van der Waals surface area (Å²) < 4.78 is 54.8. The highest BCUT2D eigenvalue weighted by Crippen LogP contribution is 2.26. The third-order valence-corrected chi connectivity index (χ3v) is 8.83. The van der Waals surface area contributed by atoms with Crippen molar-refractivity contribution >= 4 is 60.7 Å². The number of hydrogen-bond acceptors (Lipinski definition) is 5. The molecule has 1 atom stereocenters. The van der Waals surface area contributed by atoms with Gasteiger partial charge in [0.15, 0.2) is 0 Å². The number of halogens is 2. The molecule has 0 unspecified atom stereocenters. The average molecular weight is 535 g/mol. The second kappa shape index (κ2) is 10.2. The highest BCUT2D eigenvalue weighted by molar-refractivity contribution is 7.92. The van der Waals surface area contributed by atoms with E-state index in [0.717, 1.165) is 4.31 Å². The Hall–Kier alpha value is -1.89. The van der Waals surface area contributed by atoms with Crippen molar-refractivity contribution in [1.82, 2.24) is 8.61 Å². The van der Waals surface area contributed by atoms with Gasteiger partial charge in [0.25, 0.3) is 20.2 Å². The largest absolute Gasteiger partial charge is 0.326 e. The van der Waals surface area contributed by atoms with Gasteiger partial charge in [0, 0.05) is 42.9 Å². The summed E-state index contributed by atoms with van der Waals surface area (Å²) in [5.41, 5.74) is 0.622. The molecule has 1 amide bonds. The van der Waals surface area contributed by atoms with Gasteiger partial charge in [-0.15, -0.1) is 0 Å². The molecule has 180 valence electrons. The van der Waals surface area contributed by atoms with Gasteiger partial charge in [-0.2, -0.15) is 17.0 Å². The van der Waals surface area contributed by atoms with E-state index >= 15 is 0 Å². The minimum atomic E-state index is -3.90. The lowest BCUT2D eigenvalue weighted by atomic mass is 9.99. The normalized spacial score (nSPS) is 17.7. The van der Waals surface area contributed by atoms with E-state index in [2.05, 4.69) is 10.0 Å². The maximum atomic E-state index is 12.7. The van der Waals surface area contributed by atoms with Crippen LogP contribution >= 0.6 is 23.2 Å². The van der Waals surface area contributed by atoms with Gasteiger partial charge >= 0.3 is 0 Å². The Kier molecular flexibility index (Phi) is 7.92. The predicted molar refractivity (Wildman–Crippen MR) is 129 cm³/mol. The van der Waals surface area contributed by atoms with Crippen LogP contribution in [-0.4, -0.2) is 58.5 Å². The lowest BCUT2D eigenvalue weighted by molar-refractivity contribution is -0.120. The minimum absolute atomic E-state index is 0.0162. The summed E-state index contributed by atoms with van der Waals surface area (Å²) in [6.45, 7) is 0.451. The topological polar surface area (TPSA) is 116 Å². The van der Waals surface area contributed by atoms with Crippen molar-refractivity contribution in [3.8, 4) is 0 Å². The van der Waals surface area contributed by atoms with Crippen LogP contribution in [0.4, 0.5) is 11.4 Å². The Morgan fingerprint density at radius 2 is 1.61 bits per heavy atom. The second-order valence-corrected chi connectivity index (χ2v) is 12.5. The summed E-state index contributed by atoms with van der Waals surface area (Å²) in [7, 11) is -4.60. The van der Waals surface area contributed by atoms with Gasteiger partial charge in [-0.1, -0.05) is 23.2 Å². The zero-order valence-corrected chi connectivity index (χ0v) is 21.1. The summed E-state index contributed by atoms with van der Waals surface area (Å²) in [5, 5.41) is 3.31. The number of benzene rings is 2. The van der Waals surface area contributed by atoms with Crippen LogP contribution in [0.2, 0.25) is 10.0 Å². The second-order valence-electron chi connectivity index (χ2n) is 7.76. The highest BCUT2D eigenvalue weighted by atomic mass is 35.5. The van der Waals surface area contributed by atoms with Crippen molar-refractivity contribution in [3.63, 3.8) is 0 Å². The molecule has 2 aromatic carbocycles. The number of piperidine rings is 1. The number of nitrogens with zero attached hydrogens (tertiary/aromatic N) is 2. The van der Waals surface area contributed by atoms with Crippen molar-refractivity contribution in [2.75, 3.05) is 37.2 Å². The fourth-order valence-corrected chi connectivity index (χ4v) is 6.14. The van der Waals surface area contributed by atoms with Crippen molar-refractivity contribution in [3.05, 3.63) is 52.5 Å². The molecule has 1 aliphatic heterocycles. The maximum Gasteiger partial charge on any atom is 0.281 e. The molecule has 2 aromatic rings. The van der Waals surface area contributed by atoms with Crippen LogP contribution in [0.25, 0.3) is 0 Å². The SMILES string of the molecule is CN(C)S(=O)(=O)N1CCC[C@H](C(=O)Nc2ccc(S(=O)(=O)Nc3cc(Cl)cc(Cl)c3)cc2)C1. The molecule has 1 heterocycles. The Morgan fingerprint density at radius 1 is 1.00 bits per heavy atom. The van der Waals surface area contributed by atoms with Gasteiger partial charge in [0.1, 0.15) is 0 Å². The van der Waals surface area contributed by atoms with E-state index in [-0.39, 0.29) is 33.1 Å². The fourth-order valence-electron chi connectivity index (χ4n) is 3.39. The zero-order chi connectivity index (χ0) is 24.4. The molecule has 0 radical (unpaired) electrons. The van der Waals surface area contributed by atoms with E-state index in [1.807, 2.05) is 0 Å². The van der Waals surface area contributed by atoms with Crippen molar-refractivity contribution in [2.45, 2.75) is 17.7 Å². The lowest BCUT2D eigenvalue weighted by Gasteiger charge is -2.32. The van der Waals surface area contributed by atoms with Crippen LogP contribution in [0.15, 0.2) is 47.4 Å². The third kappa shape index (κ3) is 6.37. The van der Waals surface area contributed by atoms with Gasteiger partial charge in [0.2, 0.25) is 5.91 Å². The molecule has 9 nitrogen and oxygen atoms in total. The van der Waals surface area contributed by atoms with E-state index in [1.54, 1.807) is 0 Å². The molecule has 1 saturated heterocycles. The number of amides is 1. The number of hydrogen-bond donors (Lipinski definition) is 2. The molecule has 0 aromatic heterocycles. The Balaban J connectivity index is 1.67. The molecule has 1 aliphatic rings. The molecule has 3 rings (SSSR count). The maximum absolute atomic E-state index is 12.7. The molecule has 33 heavy (non-hydrogen) atoms. The monoisotopic (exact) mass is 534 g/mol. The van der Waals surface area contributed by atoms with Crippen LogP contribution < -0.4 is 10.0 Å². The van der Waals surface area contributed by atoms with E-state index in [0.29, 0.717) is 25.1 Å². The summed E-state index contributed by atoms with van der Waals surface area (Å²) in [4.78, 5) is 12.7. The summed E-state index contributed by atoms with van der Waals surface area (Å²) >= 11 is 11.8. The van der Waals surface area contributed by atoms with Crippen LogP contribution in [0.5, 0.6) is 0 Å². The number of sulfonamides is 1. The number of nitrogens with one attached hydrogen (secondary N) is 2.